The van der Waals surface area contributed by atoms with Crippen LogP contribution in [0.4, 0.5) is 0 Å². The van der Waals surface area contributed by atoms with Crippen LogP contribution in [0.25, 0.3) is 0 Å². The van der Waals surface area contributed by atoms with Crippen molar-refractivity contribution in [1.82, 2.24) is 9.55 Å². The summed E-state index contributed by atoms with van der Waals surface area (Å²) in [5, 5.41) is 18.5. The topological polar surface area (TPSA) is 84.6 Å². The molecule has 0 aromatic carbocycles. The third-order valence-corrected chi connectivity index (χ3v) is 2.64. The molecule has 88 valence electrons. The molecule has 0 spiro atoms. The first-order valence-electron chi connectivity index (χ1n) is 5.11. The van der Waals surface area contributed by atoms with Crippen LogP contribution in [-0.4, -0.2) is 38.6 Å². The Kier molecular flexibility index (Phi) is 3.04. The van der Waals surface area contributed by atoms with Gasteiger partial charge in [0.2, 0.25) is 0 Å². The highest BCUT2D eigenvalue weighted by Gasteiger charge is 2.34. The molecule has 2 heterocycles. The zero-order valence-electron chi connectivity index (χ0n) is 8.91. The van der Waals surface area contributed by atoms with Crippen LogP contribution < -0.4 is 5.69 Å². The summed E-state index contributed by atoms with van der Waals surface area (Å²) in [4.78, 5) is 15.2. The van der Waals surface area contributed by atoms with E-state index in [9.17, 15) is 9.90 Å². The average Bonchev–Trinajstić information content (AvgIpc) is 2.63. The molecule has 0 saturated carbocycles. The first kappa shape index (κ1) is 11.3. The average molecular weight is 226 g/mol. The van der Waals surface area contributed by atoms with Crippen LogP contribution in [0.3, 0.4) is 0 Å². The Morgan fingerprint density at radius 2 is 2.44 bits per heavy atom. The number of aliphatic hydroxyl groups is 2. The lowest BCUT2D eigenvalue weighted by atomic mass is 10.2. The Balaban J connectivity index is 2.26. The lowest BCUT2D eigenvalue weighted by molar-refractivity contribution is -0.0459. The number of aryl methyl sites for hydroxylation is 1. The fraction of sp³-hybridized carbons (Fsp3) is 0.600. The molecular weight excluding hydrogens is 212 g/mol. The number of ether oxygens (including phenoxy) is 1. The van der Waals surface area contributed by atoms with Crippen LogP contribution in [0, 0.1) is 6.92 Å². The third-order valence-electron chi connectivity index (χ3n) is 2.64. The minimum Gasteiger partial charge on any atom is -0.394 e. The second kappa shape index (κ2) is 4.32. The summed E-state index contributed by atoms with van der Waals surface area (Å²) in [5.41, 5.74) is 0.423. The zero-order valence-corrected chi connectivity index (χ0v) is 8.91. The standard InChI is InChI=1S/C10H14N2O4/c1-6-3-11-10(15)12(4-6)9-2-7(14)8(5-13)16-9/h3-4,7-9,13-14H,2,5H2,1H3/t7-,8+,9-/m0/s1. The summed E-state index contributed by atoms with van der Waals surface area (Å²) in [5.74, 6) is 0. The van der Waals surface area contributed by atoms with E-state index >= 15 is 0 Å². The van der Waals surface area contributed by atoms with Gasteiger partial charge in [-0.3, -0.25) is 4.57 Å². The van der Waals surface area contributed by atoms with Crippen molar-refractivity contribution in [2.45, 2.75) is 31.8 Å². The van der Waals surface area contributed by atoms with E-state index in [2.05, 4.69) is 4.98 Å². The van der Waals surface area contributed by atoms with Gasteiger partial charge in [0.05, 0.1) is 12.7 Å². The lowest BCUT2D eigenvalue weighted by Crippen LogP contribution is -2.27. The van der Waals surface area contributed by atoms with Gasteiger partial charge in [-0.15, -0.1) is 0 Å². The Hall–Kier alpha value is -1.24. The summed E-state index contributed by atoms with van der Waals surface area (Å²) in [6, 6.07) is 0. The Bertz CT molecular complexity index is 431. The lowest BCUT2D eigenvalue weighted by Gasteiger charge is -2.14. The second-order valence-corrected chi connectivity index (χ2v) is 3.94. The van der Waals surface area contributed by atoms with Gasteiger partial charge in [-0.05, 0) is 12.5 Å². The van der Waals surface area contributed by atoms with E-state index in [1.54, 1.807) is 6.20 Å². The van der Waals surface area contributed by atoms with E-state index in [0.29, 0.717) is 0 Å². The van der Waals surface area contributed by atoms with Crippen LogP contribution in [0.15, 0.2) is 17.2 Å². The van der Waals surface area contributed by atoms with Gasteiger partial charge in [-0.2, -0.15) is 0 Å². The number of aromatic nitrogens is 2. The van der Waals surface area contributed by atoms with Crippen LogP contribution in [0.5, 0.6) is 0 Å². The Morgan fingerprint density at radius 1 is 1.69 bits per heavy atom. The van der Waals surface area contributed by atoms with Crippen LogP contribution >= 0.6 is 0 Å². The molecule has 16 heavy (non-hydrogen) atoms. The van der Waals surface area contributed by atoms with Crippen molar-refractivity contribution in [3.8, 4) is 0 Å². The van der Waals surface area contributed by atoms with Crippen molar-refractivity contribution >= 4 is 0 Å². The summed E-state index contributed by atoms with van der Waals surface area (Å²) in [6.45, 7) is 1.56. The maximum absolute atomic E-state index is 11.5. The monoisotopic (exact) mass is 226 g/mol. The highest BCUT2D eigenvalue weighted by molar-refractivity contribution is 5.01. The van der Waals surface area contributed by atoms with E-state index in [4.69, 9.17) is 9.84 Å². The molecule has 1 aromatic heterocycles. The first-order chi connectivity index (χ1) is 7.61. The summed E-state index contributed by atoms with van der Waals surface area (Å²) >= 11 is 0. The van der Waals surface area contributed by atoms with Gasteiger partial charge >= 0.3 is 5.69 Å². The van der Waals surface area contributed by atoms with Crippen LogP contribution in [-0.2, 0) is 4.74 Å². The first-order valence-corrected chi connectivity index (χ1v) is 5.11. The van der Waals surface area contributed by atoms with Crippen molar-refractivity contribution in [2.24, 2.45) is 0 Å². The number of hydrogen-bond acceptors (Lipinski definition) is 5. The molecule has 1 fully saturated rings. The smallest absolute Gasteiger partial charge is 0.349 e. The van der Waals surface area contributed by atoms with E-state index in [-0.39, 0.29) is 13.0 Å². The van der Waals surface area contributed by atoms with E-state index in [1.807, 2.05) is 6.92 Å². The van der Waals surface area contributed by atoms with Crippen molar-refractivity contribution in [1.29, 1.82) is 0 Å². The summed E-state index contributed by atoms with van der Waals surface area (Å²) in [7, 11) is 0. The molecule has 0 radical (unpaired) electrons. The molecule has 1 saturated heterocycles. The van der Waals surface area contributed by atoms with Gasteiger partial charge in [-0.25, -0.2) is 9.78 Å². The molecule has 0 unspecified atom stereocenters. The summed E-state index contributed by atoms with van der Waals surface area (Å²) in [6.07, 6.45) is 1.48. The molecule has 6 nitrogen and oxygen atoms in total. The maximum atomic E-state index is 11.5. The zero-order chi connectivity index (χ0) is 11.7. The van der Waals surface area contributed by atoms with E-state index < -0.39 is 24.1 Å². The molecule has 1 aliphatic rings. The highest BCUT2D eigenvalue weighted by Crippen LogP contribution is 2.27. The Morgan fingerprint density at radius 3 is 3.06 bits per heavy atom. The molecule has 2 rings (SSSR count). The van der Waals surface area contributed by atoms with Gasteiger partial charge in [0, 0.05) is 18.8 Å². The predicted molar refractivity (Wildman–Crippen MR) is 54.9 cm³/mol. The Labute approximate surface area is 92.1 Å². The van der Waals surface area contributed by atoms with Gasteiger partial charge in [-0.1, -0.05) is 0 Å². The molecule has 1 aliphatic heterocycles. The number of hydrogen-bond donors (Lipinski definition) is 2. The molecule has 0 aliphatic carbocycles. The van der Waals surface area contributed by atoms with Gasteiger partial charge in [0.15, 0.2) is 0 Å². The number of rotatable bonds is 2. The fourth-order valence-electron chi connectivity index (χ4n) is 1.79. The number of nitrogens with zero attached hydrogens (tertiary/aromatic N) is 2. The van der Waals surface area contributed by atoms with Gasteiger partial charge in [0.1, 0.15) is 12.3 Å². The highest BCUT2D eigenvalue weighted by atomic mass is 16.5. The van der Waals surface area contributed by atoms with Crippen LogP contribution in [0.1, 0.15) is 18.2 Å². The molecule has 6 heteroatoms. The van der Waals surface area contributed by atoms with Crippen molar-refractivity contribution in [3.05, 3.63) is 28.4 Å². The molecule has 0 amide bonds. The molecule has 2 N–H and O–H groups in total. The molecule has 1 aromatic rings. The van der Waals surface area contributed by atoms with Gasteiger partial charge < -0.3 is 14.9 Å². The van der Waals surface area contributed by atoms with Crippen molar-refractivity contribution in [3.63, 3.8) is 0 Å². The number of aliphatic hydroxyl groups excluding tert-OH is 2. The van der Waals surface area contributed by atoms with E-state index in [1.165, 1.54) is 10.8 Å². The van der Waals surface area contributed by atoms with Crippen molar-refractivity contribution in [2.75, 3.05) is 6.61 Å². The molecule has 3 atom stereocenters. The minimum atomic E-state index is -0.748. The van der Waals surface area contributed by atoms with Crippen molar-refractivity contribution < 1.29 is 14.9 Å². The predicted octanol–water partition coefficient (Wildman–Crippen LogP) is -0.808. The third kappa shape index (κ3) is 1.99. The van der Waals surface area contributed by atoms with E-state index in [0.717, 1.165) is 5.56 Å². The quantitative estimate of drug-likeness (QED) is 0.689. The summed E-state index contributed by atoms with van der Waals surface area (Å²) < 4.78 is 6.71. The van der Waals surface area contributed by atoms with Gasteiger partial charge in [0.25, 0.3) is 0 Å². The SMILES string of the molecule is Cc1cnc(=O)n([C@@H]2C[C@H](O)[C@@H](CO)O2)c1. The molecular formula is C10H14N2O4. The minimum absolute atomic E-state index is 0.258. The van der Waals surface area contributed by atoms with Crippen LogP contribution in [0.2, 0.25) is 0 Å². The normalized spacial score (nSPS) is 29.6. The maximum Gasteiger partial charge on any atom is 0.349 e. The largest absolute Gasteiger partial charge is 0.394 e. The molecule has 0 bridgehead atoms. The fourth-order valence-corrected chi connectivity index (χ4v) is 1.79. The second-order valence-electron chi connectivity index (χ2n) is 3.94.